The van der Waals surface area contributed by atoms with Crippen molar-refractivity contribution in [3.05, 3.63) is 29.3 Å². The van der Waals surface area contributed by atoms with Crippen LogP contribution in [0.15, 0.2) is 24.3 Å². The monoisotopic (exact) mass is 309 g/mol. The van der Waals surface area contributed by atoms with Crippen LogP contribution in [0.4, 0.5) is 10.5 Å². The summed E-state index contributed by atoms with van der Waals surface area (Å²) >= 11 is 5.87. The van der Waals surface area contributed by atoms with Gasteiger partial charge in [-0.3, -0.25) is 0 Å². The second-order valence-electron chi connectivity index (χ2n) is 7.07. The van der Waals surface area contributed by atoms with Crippen LogP contribution in [0.3, 0.4) is 0 Å². The molecule has 0 bridgehead atoms. The first kappa shape index (κ1) is 16.1. The zero-order valence-corrected chi connectivity index (χ0v) is 13.9. The number of likely N-dealkylation sites (tertiary alicyclic amines) is 1. The molecule has 3 N–H and O–H groups in total. The number of amides is 2. The summed E-state index contributed by atoms with van der Waals surface area (Å²) in [6, 6.07) is 7.15. The summed E-state index contributed by atoms with van der Waals surface area (Å²) in [4.78, 5) is 14.6. The number of carbonyl (C=O) groups is 1. The lowest BCUT2D eigenvalue weighted by molar-refractivity contribution is 0.00877. The van der Waals surface area contributed by atoms with Crippen molar-refractivity contribution in [1.29, 1.82) is 0 Å². The number of hydrogen-bond acceptors (Lipinski definition) is 2. The van der Waals surface area contributed by atoms with Crippen molar-refractivity contribution in [3.63, 3.8) is 0 Å². The third-order valence-corrected chi connectivity index (χ3v) is 4.28. The second-order valence-corrected chi connectivity index (χ2v) is 7.50. The van der Waals surface area contributed by atoms with Crippen molar-refractivity contribution in [2.45, 2.75) is 57.7 Å². The quantitative estimate of drug-likeness (QED) is 0.827. The minimum absolute atomic E-state index is 0.0979. The summed E-state index contributed by atoms with van der Waals surface area (Å²) in [7, 11) is 0. The van der Waals surface area contributed by atoms with Crippen LogP contribution in [0.1, 0.15) is 40.5 Å². The van der Waals surface area contributed by atoms with Crippen LogP contribution in [-0.4, -0.2) is 28.1 Å². The molecule has 0 radical (unpaired) electrons. The van der Waals surface area contributed by atoms with Crippen molar-refractivity contribution in [1.82, 2.24) is 4.90 Å². The lowest BCUT2D eigenvalue weighted by atomic mass is 9.77. The number of nitrogens with zero attached hydrogens (tertiary/aromatic N) is 1. The Labute approximate surface area is 131 Å². The fourth-order valence-corrected chi connectivity index (χ4v) is 3.75. The highest BCUT2D eigenvalue weighted by Crippen LogP contribution is 2.38. The van der Waals surface area contributed by atoms with Gasteiger partial charge in [-0.2, -0.15) is 0 Å². The summed E-state index contributed by atoms with van der Waals surface area (Å²) in [5.41, 5.74) is 6.33. The molecule has 1 aromatic carbocycles. The fourth-order valence-electron chi connectivity index (χ4n) is 3.62. The van der Waals surface area contributed by atoms with Crippen LogP contribution in [-0.2, 0) is 0 Å². The van der Waals surface area contributed by atoms with Gasteiger partial charge in [-0.15, -0.1) is 0 Å². The third kappa shape index (κ3) is 3.50. The topological polar surface area (TPSA) is 58.4 Å². The molecule has 1 aliphatic heterocycles. The van der Waals surface area contributed by atoms with E-state index in [9.17, 15) is 4.79 Å². The predicted molar refractivity (Wildman–Crippen MR) is 87.7 cm³/mol. The molecule has 0 aliphatic carbocycles. The maximum atomic E-state index is 12.7. The molecule has 0 atom stereocenters. The van der Waals surface area contributed by atoms with Crippen molar-refractivity contribution in [2.75, 3.05) is 5.32 Å². The van der Waals surface area contributed by atoms with E-state index in [1.165, 1.54) is 0 Å². The number of nitrogens with two attached hydrogens (primary N) is 1. The molecular weight excluding hydrogens is 286 g/mol. The fraction of sp³-hybridized carbons (Fsp3) is 0.562. The summed E-state index contributed by atoms with van der Waals surface area (Å²) in [5.74, 6) is 0. The molecule has 0 aromatic heterocycles. The maximum Gasteiger partial charge on any atom is 0.322 e. The van der Waals surface area contributed by atoms with Crippen LogP contribution in [0.2, 0.25) is 5.02 Å². The molecule has 0 spiro atoms. The number of rotatable bonds is 1. The largest absolute Gasteiger partial charge is 0.328 e. The molecule has 1 fully saturated rings. The highest BCUT2D eigenvalue weighted by atomic mass is 35.5. The van der Waals surface area contributed by atoms with Crippen LogP contribution in [0, 0.1) is 0 Å². The number of benzene rings is 1. The Morgan fingerprint density at radius 3 is 2.14 bits per heavy atom. The van der Waals surface area contributed by atoms with Crippen molar-refractivity contribution >= 4 is 23.3 Å². The first-order valence-corrected chi connectivity index (χ1v) is 7.62. The van der Waals surface area contributed by atoms with E-state index in [4.69, 9.17) is 17.3 Å². The molecule has 0 unspecified atom stereocenters. The SMILES string of the molecule is CC1(C)CC(N)CC(C)(C)N1C(=O)Nc1ccc(Cl)cc1. The Bertz CT molecular complexity index is 507. The number of anilines is 1. The van der Waals surface area contributed by atoms with E-state index < -0.39 is 0 Å². The summed E-state index contributed by atoms with van der Waals surface area (Å²) < 4.78 is 0. The zero-order chi connectivity index (χ0) is 15.8. The van der Waals surface area contributed by atoms with Gasteiger partial charge in [0.1, 0.15) is 0 Å². The number of nitrogens with one attached hydrogen (secondary N) is 1. The van der Waals surface area contributed by atoms with Gasteiger partial charge in [-0.25, -0.2) is 4.79 Å². The molecular formula is C16H24ClN3O. The van der Waals surface area contributed by atoms with E-state index in [1.807, 2.05) is 4.90 Å². The molecule has 2 rings (SSSR count). The highest BCUT2D eigenvalue weighted by Gasteiger charge is 2.46. The van der Waals surface area contributed by atoms with E-state index in [0.717, 1.165) is 18.5 Å². The maximum absolute atomic E-state index is 12.7. The molecule has 5 heteroatoms. The number of hydrogen-bond donors (Lipinski definition) is 2. The first-order chi connectivity index (χ1) is 9.62. The van der Waals surface area contributed by atoms with E-state index in [0.29, 0.717) is 5.02 Å². The highest BCUT2D eigenvalue weighted by molar-refractivity contribution is 6.30. The standard InChI is InChI=1S/C16H24ClN3O/c1-15(2)9-12(18)10-16(3,4)20(15)14(21)19-13-7-5-11(17)6-8-13/h5-8,12H,9-10,18H2,1-4H3,(H,19,21). The summed E-state index contributed by atoms with van der Waals surface area (Å²) in [6.07, 6.45) is 1.59. The van der Waals surface area contributed by atoms with Gasteiger partial charge in [0.05, 0.1) is 0 Å². The second kappa shape index (κ2) is 5.50. The molecule has 1 aromatic rings. The van der Waals surface area contributed by atoms with Crippen LogP contribution in [0.5, 0.6) is 0 Å². The average Bonchev–Trinajstić information content (AvgIpc) is 2.27. The molecule has 1 heterocycles. The Morgan fingerprint density at radius 2 is 1.67 bits per heavy atom. The smallest absolute Gasteiger partial charge is 0.322 e. The molecule has 1 saturated heterocycles. The van der Waals surface area contributed by atoms with Gasteiger partial charge >= 0.3 is 6.03 Å². The third-order valence-electron chi connectivity index (χ3n) is 4.03. The normalized spacial score (nSPS) is 21.1. The summed E-state index contributed by atoms with van der Waals surface area (Å²) in [6.45, 7) is 8.26. The lowest BCUT2D eigenvalue weighted by Crippen LogP contribution is -2.66. The van der Waals surface area contributed by atoms with Crippen molar-refractivity contribution in [2.24, 2.45) is 5.73 Å². The minimum Gasteiger partial charge on any atom is -0.328 e. The van der Waals surface area contributed by atoms with Crippen molar-refractivity contribution in [3.8, 4) is 0 Å². The van der Waals surface area contributed by atoms with Crippen LogP contribution >= 0.6 is 11.6 Å². The molecule has 1 aliphatic rings. The van der Waals surface area contributed by atoms with Crippen molar-refractivity contribution < 1.29 is 4.79 Å². The van der Waals surface area contributed by atoms with Gasteiger partial charge < -0.3 is 16.0 Å². The zero-order valence-electron chi connectivity index (χ0n) is 13.1. The minimum atomic E-state index is -0.280. The molecule has 21 heavy (non-hydrogen) atoms. The molecule has 2 amide bonds. The van der Waals surface area contributed by atoms with Gasteiger partial charge in [0.25, 0.3) is 0 Å². The van der Waals surface area contributed by atoms with E-state index >= 15 is 0 Å². The van der Waals surface area contributed by atoms with Gasteiger partial charge in [-0.05, 0) is 64.8 Å². The van der Waals surface area contributed by atoms with Crippen LogP contribution in [0.25, 0.3) is 0 Å². The number of piperidine rings is 1. The van der Waals surface area contributed by atoms with E-state index in [2.05, 4.69) is 33.0 Å². The number of halogens is 1. The van der Waals surface area contributed by atoms with Gasteiger partial charge in [0, 0.05) is 27.8 Å². The van der Waals surface area contributed by atoms with Crippen LogP contribution < -0.4 is 11.1 Å². The lowest BCUT2D eigenvalue weighted by Gasteiger charge is -2.54. The Morgan fingerprint density at radius 1 is 1.19 bits per heavy atom. The van der Waals surface area contributed by atoms with Gasteiger partial charge in [0.15, 0.2) is 0 Å². The first-order valence-electron chi connectivity index (χ1n) is 7.24. The Kier molecular flexibility index (Phi) is 4.22. The Hall–Kier alpha value is -1.26. The van der Waals surface area contributed by atoms with E-state index in [1.54, 1.807) is 24.3 Å². The molecule has 0 saturated carbocycles. The number of carbonyl (C=O) groups excluding carboxylic acids is 1. The van der Waals surface area contributed by atoms with Gasteiger partial charge in [0.2, 0.25) is 0 Å². The molecule has 4 nitrogen and oxygen atoms in total. The van der Waals surface area contributed by atoms with Gasteiger partial charge in [-0.1, -0.05) is 11.6 Å². The molecule has 116 valence electrons. The average molecular weight is 310 g/mol. The predicted octanol–water partition coefficient (Wildman–Crippen LogP) is 3.85. The Balaban J connectivity index is 2.21. The van der Waals surface area contributed by atoms with E-state index in [-0.39, 0.29) is 23.2 Å². The summed E-state index contributed by atoms with van der Waals surface area (Å²) in [5, 5.41) is 3.60. The number of urea groups is 1.